The third-order valence-corrected chi connectivity index (χ3v) is 7.26. The number of carbonyl (C=O) groups is 1. The first kappa shape index (κ1) is 25.6. The van der Waals surface area contributed by atoms with Crippen LogP contribution in [0.1, 0.15) is 36.7 Å². The van der Waals surface area contributed by atoms with E-state index in [1.807, 2.05) is 36.6 Å². The number of nitrogens with zero attached hydrogens (tertiary/aromatic N) is 5. The molecule has 0 saturated carbocycles. The van der Waals surface area contributed by atoms with Gasteiger partial charge in [-0.1, -0.05) is 18.2 Å². The molecule has 198 valence electrons. The lowest BCUT2D eigenvalue weighted by atomic mass is 9.80. The number of methoxy groups -OCH3 is 1. The quantitative estimate of drug-likeness (QED) is 0.314. The molecule has 38 heavy (non-hydrogen) atoms. The molecule has 0 atom stereocenters. The van der Waals surface area contributed by atoms with Gasteiger partial charge in [-0.15, -0.1) is 0 Å². The van der Waals surface area contributed by atoms with Crippen molar-refractivity contribution in [2.75, 3.05) is 25.1 Å². The number of pyridine rings is 1. The maximum Gasteiger partial charge on any atom is 0.387 e. The number of aromatic nitrogens is 4. The number of fused-ring (bicyclic) bond motifs is 1. The fourth-order valence-corrected chi connectivity index (χ4v) is 4.92. The Labute approximate surface area is 219 Å². The minimum absolute atomic E-state index is 0.154. The maximum absolute atomic E-state index is 12.9. The number of piperidine rings is 1. The van der Waals surface area contributed by atoms with Crippen molar-refractivity contribution in [3.8, 4) is 16.9 Å². The van der Waals surface area contributed by atoms with Crippen LogP contribution in [-0.4, -0.2) is 52.1 Å². The van der Waals surface area contributed by atoms with Crippen molar-refractivity contribution in [2.24, 2.45) is 5.41 Å². The third kappa shape index (κ3) is 5.03. The van der Waals surface area contributed by atoms with E-state index in [4.69, 9.17) is 9.47 Å². The molecule has 0 spiro atoms. The molecule has 0 amide bonds. The van der Waals surface area contributed by atoms with Gasteiger partial charge >= 0.3 is 12.6 Å². The van der Waals surface area contributed by atoms with E-state index in [9.17, 15) is 13.6 Å². The van der Waals surface area contributed by atoms with E-state index in [0.717, 1.165) is 28.2 Å². The van der Waals surface area contributed by atoms with Crippen LogP contribution in [0.25, 0.3) is 16.8 Å². The van der Waals surface area contributed by atoms with Gasteiger partial charge < -0.3 is 18.8 Å². The summed E-state index contributed by atoms with van der Waals surface area (Å²) in [6, 6.07) is 10.7. The van der Waals surface area contributed by atoms with Crippen molar-refractivity contribution < 1.29 is 23.0 Å². The van der Waals surface area contributed by atoms with Gasteiger partial charge in [0.15, 0.2) is 0 Å². The van der Waals surface area contributed by atoms with E-state index in [0.29, 0.717) is 43.9 Å². The summed E-state index contributed by atoms with van der Waals surface area (Å²) >= 11 is 0. The molecule has 0 aliphatic carbocycles. The maximum atomic E-state index is 12.9. The number of para-hydroxylation sites is 1. The van der Waals surface area contributed by atoms with E-state index in [1.54, 1.807) is 36.7 Å². The monoisotopic (exact) mass is 521 g/mol. The molecule has 8 nitrogen and oxygen atoms in total. The molecule has 1 aliphatic rings. The lowest BCUT2D eigenvalue weighted by Crippen LogP contribution is -2.43. The first-order valence-electron chi connectivity index (χ1n) is 12.4. The standard InChI is InChI=1S/C28H29F2N5O3/c1-18-22(14-19-6-4-5-7-23(19)38-26(29)30)35-17-20(8-9-24(35)33-18)21-15-31-27(32-16-21)34-12-10-28(2,11-13-34)25(36)37-3/h4-9,15-17,26H,10-14H2,1-3H3. The summed E-state index contributed by atoms with van der Waals surface area (Å²) in [6.45, 7) is 2.29. The number of benzene rings is 1. The second kappa shape index (κ2) is 10.4. The fraction of sp³-hybridized carbons (Fsp3) is 0.357. The molecule has 4 heterocycles. The second-order valence-electron chi connectivity index (χ2n) is 9.76. The number of imidazole rings is 1. The molecule has 5 rings (SSSR count). The average Bonchev–Trinajstić information content (AvgIpc) is 3.23. The van der Waals surface area contributed by atoms with Crippen LogP contribution in [0.4, 0.5) is 14.7 Å². The summed E-state index contributed by atoms with van der Waals surface area (Å²) in [5.41, 5.74) is 4.36. The van der Waals surface area contributed by atoms with Crippen molar-refractivity contribution in [2.45, 2.75) is 39.7 Å². The summed E-state index contributed by atoms with van der Waals surface area (Å²) in [7, 11) is 1.42. The fourth-order valence-electron chi connectivity index (χ4n) is 4.92. The molecule has 0 bridgehead atoms. The summed E-state index contributed by atoms with van der Waals surface area (Å²) in [5, 5.41) is 0. The van der Waals surface area contributed by atoms with Gasteiger partial charge in [0.05, 0.1) is 18.2 Å². The number of alkyl halides is 2. The number of rotatable bonds is 7. The first-order chi connectivity index (χ1) is 18.3. The molecule has 0 N–H and O–H groups in total. The summed E-state index contributed by atoms with van der Waals surface area (Å²) in [6.07, 6.45) is 7.27. The second-order valence-corrected chi connectivity index (χ2v) is 9.76. The van der Waals surface area contributed by atoms with Crippen LogP contribution in [0.2, 0.25) is 0 Å². The Morgan fingerprint density at radius 3 is 2.47 bits per heavy atom. The van der Waals surface area contributed by atoms with Crippen molar-refractivity contribution in [3.05, 3.63) is 71.9 Å². The molecule has 1 saturated heterocycles. The summed E-state index contributed by atoms with van der Waals surface area (Å²) in [5.74, 6) is 0.598. The molecule has 1 aliphatic heterocycles. The number of carbonyl (C=O) groups excluding carboxylic acids is 1. The predicted molar refractivity (Wildman–Crippen MR) is 138 cm³/mol. The SMILES string of the molecule is COC(=O)C1(C)CCN(c2ncc(-c3ccc4nc(C)c(Cc5ccccc5OC(F)F)n4c3)cn2)CC1. The number of aryl methyl sites for hydroxylation is 1. The van der Waals surface area contributed by atoms with Crippen LogP contribution in [0.5, 0.6) is 5.75 Å². The highest BCUT2D eigenvalue weighted by atomic mass is 19.3. The molecular weight excluding hydrogens is 492 g/mol. The number of esters is 1. The Balaban J connectivity index is 1.37. The van der Waals surface area contributed by atoms with Crippen LogP contribution in [0.3, 0.4) is 0 Å². The van der Waals surface area contributed by atoms with E-state index < -0.39 is 12.0 Å². The molecule has 1 fully saturated rings. The number of anilines is 1. The Bertz CT molecular complexity index is 1450. The van der Waals surface area contributed by atoms with E-state index in [1.165, 1.54) is 7.11 Å². The largest absolute Gasteiger partial charge is 0.469 e. The number of hydrogen-bond donors (Lipinski definition) is 0. The van der Waals surface area contributed by atoms with Gasteiger partial charge in [0.25, 0.3) is 0 Å². The predicted octanol–water partition coefficient (Wildman–Crippen LogP) is 5.07. The Morgan fingerprint density at radius 1 is 1.08 bits per heavy atom. The van der Waals surface area contributed by atoms with Gasteiger partial charge in [-0.05, 0) is 44.9 Å². The molecule has 0 radical (unpaired) electrons. The minimum Gasteiger partial charge on any atom is -0.469 e. The van der Waals surface area contributed by atoms with Gasteiger partial charge in [0.2, 0.25) is 5.95 Å². The zero-order valence-corrected chi connectivity index (χ0v) is 21.5. The van der Waals surface area contributed by atoms with Gasteiger partial charge in [-0.3, -0.25) is 4.79 Å². The molecule has 0 unspecified atom stereocenters. The molecule has 4 aromatic rings. The van der Waals surface area contributed by atoms with Crippen LogP contribution in [0.15, 0.2) is 55.0 Å². The lowest BCUT2D eigenvalue weighted by molar-refractivity contribution is -0.152. The van der Waals surface area contributed by atoms with Gasteiger partial charge in [-0.2, -0.15) is 8.78 Å². The Kier molecular flexibility index (Phi) is 6.96. The third-order valence-electron chi connectivity index (χ3n) is 7.26. The molecular formula is C28H29F2N5O3. The lowest BCUT2D eigenvalue weighted by Gasteiger charge is -2.37. The normalized spacial score (nSPS) is 15.2. The van der Waals surface area contributed by atoms with Crippen LogP contribution < -0.4 is 9.64 Å². The number of ether oxygens (including phenoxy) is 2. The number of hydrogen-bond acceptors (Lipinski definition) is 7. The van der Waals surface area contributed by atoms with Crippen LogP contribution in [0, 0.1) is 12.3 Å². The van der Waals surface area contributed by atoms with Crippen molar-refractivity contribution >= 4 is 17.6 Å². The van der Waals surface area contributed by atoms with Gasteiger partial charge in [-0.25, -0.2) is 15.0 Å². The van der Waals surface area contributed by atoms with Crippen molar-refractivity contribution in [3.63, 3.8) is 0 Å². The smallest absolute Gasteiger partial charge is 0.387 e. The molecule has 3 aromatic heterocycles. The van der Waals surface area contributed by atoms with Crippen LogP contribution in [-0.2, 0) is 16.0 Å². The summed E-state index contributed by atoms with van der Waals surface area (Å²) < 4.78 is 37.5. The first-order valence-corrected chi connectivity index (χ1v) is 12.4. The Hall–Kier alpha value is -4.08. The highest BCUT2D eigenvalue weighted by molar-refractivity contribution is 5.76. The summed E-state index contributed by atoms with van der Waals surface area (Å²) in [4.78, 5) is 28.0. The Morgan fingerprint density at radius 2 is 1.79 bits per heavy atom. The highest BCUT2D eigenvalue weighted by Crippen LogP contribution is 2.33. The van der Waals surface area contributed by atoms with E-state index in [2.05, 4.69) is 19.9 Å². The van der Waals surface area contributed by atoms with Crippen LogP contribution >= 0.6 is 0 Å². The average molecular weight is 522 g/mol. The number of halogens is 2. The van der Waals surface area contributed by atoms with Gasteiger partial charge in [0.1, 0.15) is 11.4 Å². The zero-order chi connectivity index (χ0) is 26.9. The van der Waals surface area contributed by atoms with E-state index >= 15 is 0 Å². The minimum atomic E-state index is -2.89. The van der Waals surface area contributed by atoms with Crippen molar-refractivity contribution in [1.82, 2.24) is 19.4 Å². The van der Waals surface area contributed by atoms with Crippen molar-refractivity contribution in [1.29, 1.82) is 0 Å². The highest BCUT2D eigenvalue weighted by Gasteiger charge is 2.38. The van der Waals surface area contributed by atoms with E-state index in [-0.39, 0.29) is 11.7 Å². The zero-order valence-electron chi connectivity index (χ0n) is 21.5. The molecule has 10 heteroatoms. The molecule has 1 aromatic carbocycles. The topological polar surface area (TPSA) is 81.8 Å². The van der Waals surface area contributed by atoms with Gasteiger partial charge in [0, 0.05) is 60.5 Å².